The first kappa shape index (κ1) is 11.4. The zero-order chi connectivity index (χ0) is 12.4. The second-order valence-corrected chi connectivity index (χ2v) is 5.03. The minimum absolute atomic E-state index is 0.253. The fourth-order valence-electron chi connectivity index (χ4n) is 2.05. The van der Waals surface area contributed by atoms with Crippen molar-refractivity contribution in [2.75, 3.05) is 7.05 Å². The predicted octanol–water partition coefficient (Wildman–Crippen LogP) is 2.29. The Morgan fingerprint density at radius 2 is 2.44 bits per heavy atom. The van der Waals surface area contributed by atoms with Crippen molar-refractivity contribution in [2.24, 2.45) is 0 Å². The fraction of sp³-hybridized carbons (Fsp3) is 0.231. The zero-order valence-electron chi connectivity index (χ0n) is 10.1. The van der Waals surface area contributed by atoms with Crippen molar-refractivity contribution in [3.05, 3.63) is 53.6 Å². The Bertz CT molecular complexity index is 600. The van der Waals surface area contributed by atoms with Crippen LogP contribution in [0.1, 0.15) is 17.3 Å². The molecule has 0 aliphatic heterocycles. The molecule has 4 nitrogen and oxygen atoms in total. The number of imidazole rings is 1. The summed E-state index contributed by atoms with van der Waals surface area (Å²) in [6.45, 7) is 0. The number of hydrogen-bond acceptors (Lipinski definition) is 4. The molecule has 0 saturated carbocycles. The van der Waals surface area contributed by atoms with Crippen LogP contribution in [0.25, 0.3) is 4.96 Å². The largest absolute Gasteiger partial charge is 0.313 e. The van der Waals surface area contributed by atoms with Gasteiger partial charge in [0.25, 0.3) is 0 Å². The number of thiazole rings is 1. The number of nitrogens with one attached hydrogen (secondary N) is 1. The van der Waals surface area contributed by atoms with Crippen LogP contribution < -0.4 is 5.32 Å². The van der Waals surface area contributed by atoms with Gasteiger partial charge in [-0.2, -0.15) is 0 Å². The average Bonchev–Trinajstić information content (AvgIpc) is 2.97. The number of hydrogen-bond donors (Lipinski definition) is 1. The van der Waals surface area contributed by atoms with Gasteiger partial charge in [0.05, 0.1) is 5.69 Å². The molecule has 0 spiro atoms. The van der Waals surface area contributed by atoms with Crippen molar-refractivity contribution in [1.82, 2.24) is 19.7 Å². The molecule has 5 heteroatoms. The molecule has 0 radical (unpaired) electrons. The van der Waals surface area contributed by atoms with Crippen molar-refractivity contribution in [3.8, 4) is 0 Å². The third-order valence-electron chi connectivity index (χ3n) is 2.99. The van der Waals surface area contributed by atoms with Crippen molar-refractivity contribution in [1.29, 1.82) is 0 Å². The molecule has 3 aromatic heterocycles. The van der Waals surface area contributed by atoms with Crippen LogP contribution in [-0.2, 0) is 6.42 Å². The summed E-state index contributed by atoms with van der Waals surface area (Å²) in [7, 11) is 1.97. The Kier molecular flexibility index (Phi) is 3.08. The highest BCUT2D eigenvalue weighted by Gasteiger charge is 2.12. The normalized spacial score (nSPS) is 12.9. The van der Waals surface area contributed by atoms with Gasteiger partial charge < -0.3 is 5.32 Å². The van der Waals surface area contributed by atoms with Crippen LogP contribution >= 0.6 is 11.3 Å². The zero-order valence-corrected chi connectivity index (χ0v) is 10.9. The van der Waals surface area contributed by atoms with Crippen LogP contribution in [0.3, 0.4) is 0 Å². The number of nitrogens with zero attached hydrogens (tertiary/aromatic N) is 3. The highest BCUT2D eigenvalue weighted by molar-refractivity contribution is 7.15. The smallest absolute Gasteiger partial charge is 0.193 e. The lowest BCUT2D eigenvalue weighted by atomic mass is 10.0. The van der Waals surface area contributed by atoms with E-state index in [4.69, 9.17) is 0 Å². The van der Waals surface area contributed by atoms with Crippen LogP contribution in [0.2, 0.25) is 0 Å². The van der Waals surface area contributed by atoms with Gasteiger partial charge in [0.2, 0.25) is 0 Å². The molecule has 0 aromatic carbocycles. The molecule has 1 unspecified atom stereocenters. The van der Waals surface area contributed by atoms with E-state index in [1.807, 2.05) is 30.9 Å². The van der Waals surface area contributed by atoms with Crippen LogP contribution in [-0.4, -0.2) is 21.4 Å². The van der Waals surface area contributed by atoms with Gasteiger partial charge in [-0.25, -0.2) is 4.98 Å². The SMILES string of the molecule is CNC(Cc1cn2ccsc2n1)c1cccnc1. The molecule has 1 atom stereocenters. The topological polar surface area (TPSA) is 42.2 Å². The summed E-state index contributed by atoms with van der Waals surface area (Å²) in [5.41, 5.74) is 2.29. The van der Waals surface area contributed by atoms with E-state index in [0.717, 1.165) is 17.1 Å². The van der Waals surface area contributed by atoms with E-state index in [-0.39, 0.29) is 6.04 Å². The first-order chi connectivity index (χ1) is 8.86. The van der Waals surface area contributed by atoms with E-state index < -0.39 is 0 Å². The van der Waals surface area contributed by atoms with E-state index >= 15 is 0 Å². The van der Waals surface area contributed by atoms with E-state index in [0.29, 0.717) is 0 Å². The fourth-order valence-corrected chi connectivity index (χ4v) is 2.77. The first-order valence-electron chi connectivity index (χ1n) is 5.85. The van der Waals surface area contributed by atoms with Crippen molar-refractivity contribution in [2.45, 2.75) is 12.5 Å². The summed E-state index contributed by atoms with van der Waals surface area (Å²) in [5, 5.41) is 5.36. The quantitative estimate of drug-likeness (QED) is 0.780. The van der Waals surface area contributed by atoms with Gasteiger partial charge in [-0.15, -0.1) is 11.3 Å². The summed E-state index contributed by atoms with van der Waals surface area (Å²) in [5.74, 6) is 0. The van der Waals surface area contributed by atoms with Gasteiger partial charge in [0, 0.05) is 42.6 Å². The lowest BCUT2D eigenvalue weighted by molar-refractivity contribution is 0.584. The number of fused-ring (bicyclic) bond motifs is 1. The Labute approximate surface area is 109 Å². The van der Waals surface area contributed by atoms with Crippen LogP contribution in [0.5, 0.6) is 0 Å². The third kappa shape index (κ3) is 2.14. The Morgan fingerprint density at radius 3 is 3.17 bits per heavy atom. The van der Waals surface area contributed by atoms with Gasteiger partial charge in [-0.3, -0.25) is 9.38 Å². The number of rotatable bonds is 4. The average molecular weight is 258 g/mol. The highest BCUT2D eigenvalue weighted by atomic mass is 32.1. The van der Waals surface area contributed by atoms with Gasteiger partial charge in [0.15, 0.2) is 4.96 Å². The summed E-state index contributed by atoms with van der Waals surface area (Å²) < 4.78 is 2.07. The van der Waals surface area contributed by atoms with E-state index in [9.17, 15) is 0 Å². The molecule has 0 amide bonds. The molecule has 92 valence electrons. The molecule has 3 rings (SSSR count). The van der Waals surface area contributed by atoms with Gasteiger partial charge in [-0.05, 0) is 18.7 Å². The van der Waals surface area contributed by atoms with Gasteiger partial charge in [0.1, 0.15) is 0 Å². The van der Waals surface area contributed by atoms with Crippen LogP contribution in [0.15, 0.2) is 42.3 Å². The first-order valence-corrected chi connectivity index (χ1v) is 6.73. The monoisotopic (exact) mass is 258 g/mol. The molecule has 3 heterocycles. The lowest BCUT2D eigenvalue weighted by Crippen LogP contribution is -2.19. The van der Waals surface area contributed by atoms with Crippen molar-refractivity contribution < 1.29 is 0 Å². The molecule has 3 aromatic rings. The molecule has 0 bridgehead atoms. The molecule has 0 aliphatic carbocycles. The molecule has 18 heavy (non-hydrogen) atoms. The van der Waals surface area contributed by atoms with Crippen molar-refractivity contribution >= 4 is 16.3 Å². The third-order valence-corrected chi connectivity index (χ3v) is 3.76. The molecule has 0 saturated heterocycles. The molecular weight excluding hydrogens is 244 g/mol. The maximum atomic E-state index is 4.61. The number of aromatic nitrogens is 3. The predicted molar refractivity (Wildman–Crippen MR) is 72.8 cm³/mol. The summed E-state index contributed by atoms with van der Waals surface area (Å²) in [4.78, 5) is 9.82. The lowest BCUT2D eigenvalue weighted by Gasteiger charge is -2.14. The second kappa shape index (κ2) is 4.88. The van der Waals surface area contributed by atoms with E-state index in [2.05, 4.69) is 31.9 Å². The molecular formula is C13H14N4S. The maximum Gasteiger partial charge on any atom is 0.193 e. The number of pyridine rings is 1. The highest BCUT2D eigenvalue weighted by Crippen LogP contribution is 2.18. The Morgan fingerprint density at radius 1 is 1.50 bits per heavy atom. The molecule has 0 fully saturated rings. The minimum Gasteiger partial charge on any atom is -0.313 e. The van der Waals surface area contributed by atoms with E-state index in [1.54, 1.807) is 17.5 Å². The summed E-state index contributed by atoms with van der Waals surface area (Å²) in [6, 6.07) is 4.31. The van der Waals surface area contributed by atoms with Gasteiger partial charge >= 0.3 is 0 Å². The summed E-state index contributed by atoms with van der Waals surface area (Å²) >= 11 is 1.66. The van der Waals surface area contributed by atoms with Crippen molar-refractivity contribution in [3.63, 3.8) is 0 Å². The van der Waals surface area contributed by atoms with E-state index in [1.165, 1.54) is 5.56 Å². The Hall–Kier alpha value is -1.72. The number of likely N-dealkylation sites (N-methyl/N-ethyl adjacent to an activating group) is 1. The standard InChI is InChI=1S/C13H14N4S/c1-14-12(10-3-2-4-15-8-10)7-11-9-17-5-6-18-13(17)16-11/h2-6,8-9,12,14H,7H2,1H3. The van der Waals surface area contributed by atoms with Gasteiger partial charge in [-0.1, -0.05) is 6.07 Å². The maximum absolute atomic E-state index is 4.61. The minimum atomic E-state index is 0.253. The van der Waals surface area contributed by atoms with Crippen LogP contribution in [0.4, 0.5) is 0 Å². The second-order valence-electron chi connectivity index (χ2n) is 4.16. The molecule has 0 aliphatic rings. The van der Waals surface area contributed by atoms with Crippen LogP contribution in [0, 0.1) is 0 Å². The summed E-state index contributed by atoms with van der Waals surface area (Å²) in [6.07, 6.45) is 8.69. The molecule has 1 N–H and O–H groups in total. The Balaban J connectivity index is 1.84.